The monoisotopic (exact) mass is 384 g/mol. The van der Waals surface area contributed by atoms with Gasteiger partial charge in [-0.05, 0) is 43.0 Å². The number of anilines is 1. The summed E-state index contributed by atoms with van der Waals surface area (Å²) in [5.74, 6) is -0.921. The summed E-state index contributed by atoms with van der Waals surface area (Å²) in [5, 5.41) is 5.56. The van der Waals surface area contributed by atoms with Crippen molar-refractivity contribution in [2.75, 3.05) is 11.9 Å². The van der Waals surface area contributed by atoms with Crippen LogP contribution in [0, 0.1) is 5.92 Å². The molecule has 2 atom stereocenters. The van der Waals surface area contributed by atoms with E-state index in [0.29, 0.717) is 5.92 Å². The molecule has 1 saturated carbocycles. The highest BCUT2D eigenvalue weighted by molar-refractivity contribution is 6.06. The molecule has 0 saturated heterocycles. The first-order chi connectivity index (χ1) is 13.5. The average Bonchev–Trinajstić information content (AvgIpc) is 3.23. The number of para-hydroxylation sites is 1. The third-order valence-corrected chi connectivity index (χ3v) is 4.93. The van der Waals surface area contributed by atoms with E-state index >= 15 is 0 Å². The van der Waals surface area contributed by atoms with Crippen LogP contribution >= 0.6 is 0 Å². The third kappa shape index (κ3) is 5.00. The molecular formula is C21H24N2O5. The summed E-state index contributed by atoms with van der Waals surface area (Å²) in [6.07, 6.45) is 5.71. The minimum absolute atomic E-state index is 0.125. The summed E-state index contributed by atoms with van der Waals surface area (Å²) in [6.45, 7) is 1.76. The largest absolute Gasteiger partial charge is 0.459 e. The minimum Gasteiger partial charge on any atom is -0.459 e. The fourth-order valence-corrected chi connectivity index (χ4v) is 3.35. The maximum atomic E-state index is 12.4. The molecule has 0 spiro atoms. The Kier molecular flexibility index (Phi) is 6.47. The van der Waals surface area contributed by atoms with Crippen molar-refractivity contribution >= 4 is 23.5 Å². The van der Waals surface area contributed by atoms with Gasteiger partial charge in [-0.3, -0.25) is 9.59 Å². The van der Waals surface area contributed by atoms with E-state index in [1.54, 1.807) is 24.3 Å². The molecule has 0 bridgehead atoms. The van der Waals surface area contributed by atoms with Crippen molar-refractivity contribution in [1.82, 2.24) is 5.32 Å². The number of amides is 2. The van der Waals surface area contributed by atoms with Crippen LogP contribution in [-0.2, 0) is 9.53 Å². The van der Waals surface area contributed by atoms with Crippen LogP contribution in [0.2, 0.25) is 0 Å². The van der Waals surface area contributed by atoms with Crippen molar-refractivity contribution in [3.63, 3.8) is 0 Å². The van der Waals surface area contributed by atoms with E-state index < -0.39 is 11.9 Å². The number of rotatable bonds is 6. The molecule has 7 heteroatoms. The number of nitrogens with one attached hydrogen (secondary N) is 2. The lowest BCUT2D eigenvalue weighted by molar-refractivity contribution is -0.125. The van der Waals surface area contributed by atoms with E-state index in [-0.39, 0.29) is 35.6 Å². The predicted octanol–water partition coefficient (Wildman–Crippen LogP) is 3.38. The number of hydrogen-bond acceptors (Lipinski definition) is 5. The quantitative estimate of drug-likeness (QED) is 0.744. The van der Waals surface area contributed by atoms with Crippen LogP contribution in [0.3, 0.4) is 0 Å². The molecule has 2 amide bonds. The lowest BCUT2D eigenvalue weighted by Crippen LogP contribution is -2.42. The molecule has 1 aromatic carbocycles. The molecule has 7 nitrogen and oxygen atoms in total. The van der Waals surface area contributed by atoms with Gasteiger partial charge in [0.1, 0.15) is 0 Å². The molecule has 1 aromatic heterocycles. The van der Waals surface area contributed by atoms with Crippen LogP contribution in [0.1, 0.15) is 53.5 Å². The molecule has 1 heterocycles. The fraction of sp³-hybridized carbons (Fsp3) is 0.381. The zero-order valence-corrected chi connectivity index (χ0v) is 15.8. The Hall–Kier alpha value is -3.09. The standard InChI is InChI=1S/C21H24N2O5/c1-14-7-2-4-9-16(14)22-19(24)13-28-21(26)15-8-3-5-10-17(15)23-20(25)18-11-6-12-27-18/h3,5-6,8,10-12,14,16H,2,4,7,9,13H2,1H3,(H,22,24)(H,23,25)/t14-,16-/m0/s1. The number of hydrogen-bond donors (Lipinski definition) is 2. The number of carbonyl (C=O) groups is 3. The predicted molar refractivity (Wildman–Crippen MR) is 103 cm³/mol. The van der Waals surface area contributed by atoms with E-state index in [4.69, 9.17) is 9.15 Å². The molecule has 0 radical (unpaired) electrons. The Balaban J connectivity index is 1.57. The number of ether oxygens (including phenoxy) is 1. The molecule has 3 rings (SSSR count). The molecule has 2 N–H and O–H groups in total. The second-order valence-electron chi connectivity index (χ2n) is 6.99. The van der Waals surface area contributed by atoms with Gasteiger partial charge in [0, 0.05) is 6.04 Å². The molecule has 0 aliphatic heterocycles. The first kappa shape index (κ1) is 19.7. The smallest absolute Gasteiger partial charge is 0.340 e. The molecule has 1 aliphatic rings. The van der Waals surface area contributed by atoms with Crippen LogP contribution in [-0.4, -0.2) is 30.4 Å². The van der Waals surface area contributed by atoms with Gasteiger partial charge < -0.3 is 19.8 Å². The van der Waals surface area contributed by atoms with Crippen LogP contribution in [0.5, 0.6) is 0 Å². The molecule has 0 unspecified atom stereocenters. The molecule has 1 aliphatic carbocycles. The van der Waals surface area contributed by atoms with Crippen molar-refractivity contribution in [3.05, 3.63) is 54.0 Å². The van der Waals surface area contributed by atoms with Crippen molar-refractivity contribution in [2.24, 2.45) is 5.92 Å². The SMILES string of the molecule is C[C@H]1CCCC[C@@H]1NC(=O)COC(=O)c1ccccc1NC(=O)c1ccco1. The van der Waals surface area contributed by atoms with Gasteiger partial charge in [0.05, 0.1) is 17.5 Å². The maximum absolute atomic E-state index is 12.4. The highest BCUT2D eigenvalue weighted by atomic mass is 16.5. The number of furan rings is 1. The van der Waals surface area contributed by atoms with Gasteiger partial charge in [0.15, 0.2) is 12.4 Å². The Morgan fingerprint density at radius 3 is 2.64 bits per heavy atom. The van der Waals surface area contributed by atoms with Gasteiger partial charge in [-0.15, -0.1) is 0 Å². The minimum atomic E-state index is -0.679. The average molecular weight is 384 g/mol. The van der Waals surface area contributed by atoms with Crippen molar-refractivity contribution < 1.29 is 23.5 Å². The molecular weight excluding hydrogens is 360 g/mol. The topological polar surface area (TPSA) is 97.6 Å². The van der Waals surface area contributed by atoms with E-state index in [9.17, 15) is 14.4 Å². The van der Waals surface area contributed by atoms with Crippen molar-refractivity contribution in [3.8, 4) is 0 Å². The zero-order valence-electron chi connectivity index (χ0n) is 15.8. The summed E-state index contributed by atoms with van der Waals surface area (Å²) in [6, 6.07) is 9.70. The lowest BCUT2D eigenvalue weighted by atomic mass is 9.86. The van der Waals surface area contributed by atoms with E-state index in [2.05, 4.69) is 17.6 Å². The van der Waals surface area contributed by atoms with Crippen LogP contribution in [0.15, 0.2) is 47.1 Å². The summed E-state index contributed by atoms with van der Waals surface area (Å²) in [4.78, 5) is 36.7. The van der Waals surface area contributed by atoms with Crippen LogP contribution in [0.4, 0.5) is 5.69 Å². The van der Waals surface area contributed by atoms with E-state index in [1.807, 2.05) is 0 Å². The highest BCUT2D eigenvalue weighted by Gasteiger charge is 2.23. The van der Waals surface area contributed by atoms with Crippen LogP contribution in [0.25, 0.3) is 0 Å². The zero-order chi connectivity index (χ0) is 19.9. The lowest BCUT2D eigenvalue weighted by Gasteiger charge is -2.29. The van der Waals surface area contributed by atoms with Gasteiger partial charge in [0.25, 0.3) is 11.8 Å². The number of esters is 1. The number of benzene rings is 1. The van der Waals surface area contributed by atoms with Gasteiger partial charge in [0.2, 0.25) is 0 Å². The summed E-state index contributed by atoms with van der Waals surface area (Å²) >= 11 is 0. The first-order valence-electron chi connectivity index (χ1n) is 9.45. The maximum Gasteiger partial charge on any atom is 0.340 e. The Labute approximate surface area is 163 Å². The Morgan fingerprint density at radius 1 is 1.11 bits per heavy atom. The molecule has 28 heavy (non-hydrogen) atoms. The summed E-state index contributed by atoms with van der Waals surface area (Å²) in [7, 11) is 0. The highest BCUT2D eigenvalue weighted by Crippen LogP contribution is 2.23. The second kappa shape index (κ2) is 9.21. The Morgan fingerprint density at radius 2 is 1.89 bits per heavy atom. The number of carbonyl (C=O) groups excluding carboxylic acids is 3. The molecule has 1 fully saturated rings. The van der Waals surface area contributed by atoms with Gasteiger partial charge >= 0.3 is 5.97 Å². The Bertz CT molecular complexity index is 831. The first-order valence-corrected chi connectivity index (χ1v) is 9.45. The normalized spacial score (nSPS) is 18.9. The third-order valence-electron chi connectivity index (χ3n) is 4.93. The van der Waals surface area contributed by atoms with Gasteiger partial charge in [-0.1, -0.05) is 31.9 Å². The van der Waals surface area contributed by atoms with E-state index in [1.165, 1.54) is 24.8 Å². The van der Waals surface area contributed by atoms with Gasteiger partial charge in [-0.2, -0.15) is 0 Å². The fourth-order valence-electron chi connectivity index (χ4n) is 3.35. The molecule has 148 valence electrons. The van der Waals surface area contributed by atoms with Crippen molar-refractivity contribution in [2.45, 2.75) is 38.6 Å². The molecule has 2 aromatic rings. The van der Waals surface area contributed by atoms with Gasteiger partial charge in [-0.25, -0.2) is 4.79 Å². The van der Waals surface area contributed by atoms with E-state index in [0.717, 1.165) is 19.3 Å². The van der Waals surface area contributed by atoms with Crippen LogP contribution < -0.4 is 10.6 Å². The summed E-state index contributed by atoms with van der Waals surface area (Å²) in [5.41, 5.74) is 0.455. The summed E-state index contributed by atoms with van der Waals surface area (Å²) < 4.78 is 10.2. The van der Waals surface area contributed by atoms with Crippen molar-refractivity contribution in [1.29, 1.82) is 0 Å². The second-order valence-corrected chi connectivity index (χ2v) is 6.99.